The molecule has 18 heavy (non-hydrogen) atoms. The average molecular weight is 329 g/mol. The van der Waals surface area contributed by atoms with E-state index in [1.807, 2.05) is 19.2 Å². The van der Waals surface area contributed by atoms with Gasteiger partial charge in [0.2, 0.25) is 0 Å². The molecular weight excluding hydrogens is 317 g/mol. The van der Waals surface area contributed by atoms with Crippen LogP contribution in [0.5, 0.6) is 0 Å². The van der Waals surface area contributed by atoms with Gasteiger partial charge >= 0.3 is 0 Å². The van der Waals surface area contributed by atoms with Gasteiger partial charge in [-0.05, 0) is 46.2 Å². The van der Waals surface area contributed by atoms with Gasteiger partial charge in [0.15, 0.2) is 0 Å². The number of nitrogens with one attached hydrogen (secondary N) is 1. The van der Waals surface area contributed by atoms with Gasteiger partial charge in [-0.2, -0.15) is 0 Å². The van der Waals surface area contributed by atoms with Crippen LogP contribution in [0.15, 0.2) is 40.9 Å². The molecule has 0 aliphatic rings. The smallest absolute Gasteiger partial charge is 0.145 e. The number of halogens is 3. The fourth-order valence-corrected chi connectivity index (χ4v) is 2.39. The Morgan fingerprint density at radius 3 is 2.72 bits per heavy atom. The summed E-state index contributed by atoms with van der Waals surface area (Å²) in [5.74, 6) is -0.269. The van der Waals surface area contributed by atoms with Crippen LogP contribution < -0.4 is 5.32 Å². The van der Waals surface area contributed by atoms with Gasteiger partial charge in [-0.15, -0.1) is 0 Å². The van der Waals surface area contributed by atoms with Gasteiger partial charge in [-0.3, -0.25) is 0 Å². The fraction of sp³-hybridized carbons (Fsp3) is 0.143. The largest absolute Gasteiger partial charge is 0.316 e. The maximum Gasteiger partial charge on any atom is 0.145 e. The summed E-state index contributed by atoms with van der Waals surface area (Å²) in [6.07, 6.45) is 0. The first kappa shape index (κ1) is 13.5. The van der Waals surface area contributed by atoms with Gasteiger partial charge in [-0.25, -0.2) is 4.39 Å². The molecule has 0 radical (unpaired) electrons. The highest BCUT2D eigenvalue weighted by molar-refractivity contribution is 9.10. The van der Waals surface area contributed by atoms with Crippen molar-refractivity contribution >= 4 is 27.5 Å². The predicted molar refractivity (Wildman–Crippen MR) is 77.3 cm³/mol. The van der Waals surface area contributed by atoms with E-state index >= 15 is 0 Å². The molecule has 0 amide bonds. The van der Waals surface area contributed by atoms with E-state index in [0.717, 1.165) is 11.1 Å². The molecule has 2 aromatic carbocycles. The van der Waals surface area contributed by atoms with Crippen LogP contribution >= 0.6 is 27.5 Å². The Kier molecular flexibility index (Phi) is 4.38. The summed E-state index contributed by atoms with van der Waals surface area (Å²) in [6.45, 7) is 0.695. The van der Waals surface area contributed by atoms with Crippen molar-refractivity contribution in [1.82, 2.24) is 5.32 Å². The average Bonchev–Trinajstić information content (AvgIpc) is 2.35. The molecule has 1 nitrogen and oxygen atoms in total. The SMILES string of the molecule is CNCc1ccc(-c2cccc(Br)c2F)cc1Cl. The highest BCUT2D eigenvalue weighted by Gasteiger charge is 2.09. The highest BCUT2D eigenvalue weighted by atomic mass is 79.9. The molecule has 0 atom stereocenters. The molecule has 0 saturated heterocycles. The first-order valence-corrected chi connectivity index (χ1v) is 6.68. The van der Waals surface area contributed by atoms with Gasteiger partial charge in [0.25, 0.3) is 0 Å². The van der Waals surface area contributed by atoms with Crippen molar-refractivity contribution in [3.8, 4) is 11.1 Å². The van der Waals surface area contributed by atoms with Crippen molar-refractivity contribution < 1.29 is 4.39 Å². The number of rotatable bonds is 3. The minimum absolute atomic E-state index is 0.269. The van der Waals surface area contributed by atoms with Crippen molar-refractivity contribution in [3.63, 3.8) is 0 Å². The van der Waals surface area contributed by atoms with Crippen LogP contribution in [0.25, 0.3) is 11.1 Å². The predicted octanol–water partition coefficient (Wildman–Crippen LogP) is 4.63. The van der Waals surface area contributed by atoms with E-state index in [-0.39, 0.29) is 5.82 Å². The normalized spacial score (nSPS) is 10.7. The van der Waals surface area contributed by atoms with E-state index in [0.29, 0.717) is 21.6 Å². The van der Waals surface area contributed by atoms with Crippen LogP contribution in [0.3, 0.4) is 0 Å². The molecule has 0 fully saturated rings. The van der Waals surface area contributed by atoms with Gasteiger partial charge < -0.3 is 5.32 Å². The maximum atomic E-state index is 14.0. The van der Waals surface area contributed by atoms with Crippen LogP contribution in [0.2, 0.25) is 5.02 Å². The molecular formula is C14H12BrClFN. The molecule has 0 aliphatic carbocycles. The number of hydrogen-bond acceptors (Lipinski definition) is 1. The lowest BCUT2D eigenvalue weighted by molar-refractivity contribution is 0.624. The second kappa shape index (κ2) is 5.83. The van der Waals surface area contributed by atoms with Crippen molar-refractivity contribution in [2.75, 3.05) is 7.05 Å². The van der Waals surface area contributed by atoms with Crippen molar-refractivity contribution in [1.29, 1.82) is 0 Å². The Morgan fingerprint density at radius 1 is 1.28 bits per heavy atom. The molecule has 0 heterocycles. The number of benzene rings is 2. The first-order chi connectivity index (χ1) is 8.63. The maximum absolute atomic E-state index is 14.0. The summed E-state index contributed by atoms with van der Waals surface area (Å²) in [4.78, 5) is 0. The Labute approximate surface area is 119 Å². The zero-order chi connectivity index (χ0) is 13.1. The minimum Gasteiger partial charge on any atom is -0.316 e. The zero-order valence-corrected chi connectivity index (χ0v) is 12.1. The Morgan fingerprint density at radius 2 is 2.06 bits per heavy atom. The second-order valence-electron chi connectivity index (χ2n) is 3.94. The van der Waals surface area contributed by atoms with E-state index in [1.165, 1.54) is 0 Å². The Bertz CT molecular complexity index is 572. The minimum atomic E-state index is -0.269. The zero-order valence-electron chi connectivity index (χ0n) is 9.81. The van der Waals surface area contributed by atoms with Crippen molar-refractivity contribution in [3.05, 3.63) is 57.3 Å². The van der Waals surface area contributed by atoms with E-state index in [2.05, 4.69) is 21.2 Å². The van der Waals surface area contributed by atoms with E-state index in [9.17, 15) is 4.39 Å². The lowest BCUT2D eigenvalue weighted by Gasteiger charge is -2.08. The summed E-state index contributed by atoms with van der Waals surface area (Å²) in [7, 11) is 1.86. The van der Waals surface area contributed by atoms with Crippen molar-refractivity contribution in [2.24, 2.45) is 0 Å². The molecule has 0 aromatic heterocycles. The third-order valence-electron chi connectivity index (χ3n) is 2.68. The van der Waals surface area contributed by atoms with Gasteiger partial charge in [0.1, 0.15) is 5.82 Å². The van der Waals surface area contributed by atoms with Gasteiger partial charge in [0, 0.05) is 17.1 Å². The second-order valence-corrected chi connectivity index (χ2v) is 5.20. The van der Waals surface area contributed by atoms with Crippen LogP contribution in [-0.2, 0) is 6.54 Å². The quantitative estimate of drug-likeness (QED) is 0.866. The Balaban J connectivity index is 2.46. The van der Waals surface area contributed by atoms with Crippen LogP contribution in [0, 0.1) is 5.82 Å². The molecule has 2 rings (SSSR count). The highest BCUT2D eigenvalue weighted by Crippen LogP contribution is 2.30. The molecule has 0 saturated carbocycles. The lowest BCUT2D eigenvalue weighted by Crippen LogP contribution is -2.05. The summed E-state index contributed by atoms with van der Waals surface area (Å²) < 4.78 is 14.4. The van der Waals surface area contributed by atoms with E-state index < -0.39 is 0 Å². The van der Waals surface area contributed by atoms with Crippen LogP contribution in [0.4, 0.5) is 4.39 Å². The summed E-state index contributed by atoms with van der Waals surface area (Å²) in [6, 6.07) is 10.8. The fourth-order valence-electron chi connectivity index (χ4n) is 1.78. The third-order valence-corrected chi connectivity index (χ3v) is 3.65. The molecule has 1 N–H and O–H groups in total. The first-order valence-electron chi connectivity index (χ1n) is 5.51. The monoisotopic (exact) mass is 327 g/mol. The molecule has 4 heteroatoms. The molecule has 2 aromatic rings. The van der Waals surface area contributed by atoms with E-state index in [1.54, 1.807) is 24.3 Å². The van der Waals surface area contributed by atoms with Crippen LogP contribution in [0.1, 0.15) is 5.56 Å². The van der Waals surface area contributed by atoms with Crippen molar-refractivity contribution in [2.45, 2.75) is 6.54 Å². The van der Waals surface area contributed by atoms with Crippen LogP contribution in [-0.4, -0.2) is 7.05 Å². The topological polar surface area (TPSA) is 12.0 Å². The number of hydrogen-bond donors (Lipinski definition) is 1. The Hall–Kier alpha value is -0.900. The standard InChI is InChI=1S/C14H12BrClFN/c1-18-8-10-6-5-9(7-13(10)16)11-3-2-4-12(15)14(11)17/h2-7,18H,8H2,1H3. The molecule has 94 valence electrons. The molecule has 0 unspecified atom stereocenters. The molecule has 0 spiro atoms. The summed E-state index contributed by atoms with van der Waals surface area (Å²) in [5.41, 5.74) is 2.32. The summed E-state index contributed by atoms with van der Waals surface area (Å²) in [5, 5.41) is 3.68. The van der Waals surface area contributed by atoms with E-state index in [4.69, 9.17) is 11.6 Å². The lowest BCUT2D eigenvalue weighted by atomic mass is 10.0. The van der Waals surface area contributed by atoms with Gasteiger partial charge in [0.05, 0.1) is 4.47 Å². The molecule has 0 aliphatic heterocycles. The molecule has 0 bridgehead atoms. The summed E-state index contributed by atoms with van der Waals surface area (Å²) >= 11 is 9.36. The van der Waals surface area contributed by atoms with Gasteiger partial charge in [-0.1, -0.05) is 35.9 Å². The third kappa shape index (κ3) is 2.74.